The van der Waals surface area contributed by atoms with Gasteiger partial charge in [-0.2, -0.15) is 0 Å². The lowest BCUT2D eigenvalue weighted by Gasteiger charge is -2.23. The second-order valence-corrected chi connectivity index (χ2v) is 6.93. The number of carbonyl (C=O) groups excluding carboxylic acids is 1. The molecule has 4 heteroatoms. The fraction of sp³-hybridized carbons (Fsp3) is 0.250. The van der Waals surface area contributed by atoms with Crippen LogP contribution in [0.4, 0.5) is 0 Å². The molecule has 3 rings (SSSR count). The molecule has 1 amide bonds. The highest BCUT2D eigenvalue weighted by Gasteiger charge is 2.16. The van der Waals surface area contributed by atoms with Crippen molar-refractivity contribution in [1.29, 1.82) is 0 Å². The van der Waals surface area contributed by atoms with Gasteiger partial charge < -0.3 is 9.64 Å². The van der Waals surface area contributed by atoms with E-state index in [1.165, 1.54) is 0 Å². The zero-order chi connectivity index (χ0) is 19.8. The van der Waals surface area contributed by atoms with E-state index in [1.807, 2.05) is 85.5 Å². The number of aromatic nitrogens is 1. The highest BCUT2D eigenvalue weighted by Crippen LogP contribution is 2.19. The zero-order valence-electron chi connectivity index (χ0n) is 16.5. The number of amides is 1. The molecule has 0 aliphatic heterocycles. The van der Waals surface area contributed by atoms with E-state index >= 15 is 0 Å². The Morgan fingerprint density at radius 3 is 2.54 bits per heavy atom. The summed E-state index contributed by atoms with van der Waals surface area (Å²) in [6.45, 7) is 5.19. The summed E-state index contributed by atoms with van der Waals surface area (Å²) in [6, 6.07) is 21.9. The van der Waals surface area contributed by atoms with Crippen molar-refractivity contribution in [2.24, 2.45) is 0 Å². The fourth-order valence-corrected chi connectivity index (χ4v) is 2.98. The van der Waals surface area contributed by atoms with E-state index in [1.54, 1.807) is 6.20 Å². The van der Waals surface area contributed by atoms with E-state index in [2.05, 4.69) is 4.98 Å². The van der Waals surface area contributed by atoms with Crippen LogP contribution in [0.1, 0.15) is 22.4 Å². The van der Waals surface area contributed by atoms with Crippen molar-refractivity contribution in [3.05, 3.63) is 95.3 Å². The number of nitrogens with zero attached hydrogens (tertiary/aromatic N) is 2. The van der Waals surface area contributed by atoms with Crippen molar-refractivity contribution >= 4 is 5.91 Å². The molecule has 0 saturated heterocycles. The number of benzene rings is 2. The van der Waals surface area contributed by atoms with Gasteiger partial charge in [-0.3, -0.25) is 9.78 Å². The molecular weight excluding hydrogens is 348 g/mol. The van der Waals surface area contributed by atoms with Crippen LogP contribution in [0.25, 0.3) is 0 Å². The Kier molecular flexibility index (Phi) is 6.79. The van der Waals surface area contributed by atoms with E-state index in [0.29, 0.717) is 19.5 Å². The quantitative estimate of drug-likeness (QED) is 0.589. The molecule has 4 nitrogen and oxygen atoms in total. The number of rotatable bonds is 8. The third-order valence-electron chi connectivity index (χ3n) is 4.63. The predicted octanol–water partition coefficient (Wildman–Crippen LogP) is 4.35. The van der Waals surface area contributed by atoms with Gasteiger partial charge in [0.05, 0.1) is 0 Å². The lowest BCUT2D eigenvalue weighted by molar-refractivity contribution is -0.134. The molecule has 1 heterocycles. The molecule has 0 aliphatic carbocycles. The van der Waals surface area contributed by atoms with Crippen molar-refractivity contribution in [2.45, 2.75) is 26.8 Å². The molecule has 3 aromatic rings. The van der Waals surface area contributed by atoms with E-state index in [0.717, 1.165) is 28.1 Å². The first-order valence-corrected chi connectivity index (χ1v) is 9.53. The molecule has 0 atom stereocenters. The van der Waals surface area contributed by atoms with E-state index in [4.69, 9.17) is 4.74 Å². The van der Waals surface area contributed by atoms with Crippen molar-refractivity contribution in [1.82, 2.24) is 9.88 Å². The van der Waals surface area contributed by atoms with E-state index < -0.39 is 0 Å². The zero-order valence-corrected chi connectivity index (χ0v) is 16.5. The van der Waals surface area contributed by atoms with Crippen LogP contribution in [0.3, 0.4) is 0 Å². The van der Waals surface area contributed by atoms with Gasteiger partial charge in [0.2, 0.25) is 0 Å². The predicted molar refractivity (Wildman–Crippen MR) is 111 cm³/mol. The summed E-state index contributed by atoms with van der Waals surface area (Å²) in [5.41, 5.74) is 4.22. The van der Waals surface area contributed by atoms with E-state index in [-0.39, 0.29) is 12.5 Å². The Hall–Kier alpha value is -3.14. The maximum atomic E-state index is 12.9. The van der Waals surface area contributed by atoms with Gasteiger partial charge in [-0.1, -0.05) is 48.5 Å². The van der Waals surface area contributed by atoms with Crippen LogP contribution < -0.4 is 4.74 Å². The summed E-state index contributed by atoms with van der Waals surface area (Å²) < 4.78 is 5.84. The molecule has 0 spiro atoms. The smallest absolute Gasteiger partial charge is 0.260 e. The summed E-state index contributed by atoms with van der Waals surface area (Å²) in [4.78, 5) is 19.1. The van der Waals surface area contributed by atoms with Crippen molar-refractivity contribution in [2.75, 3.05) is 13.2 Å². The molecule has 0 radical (unpaired) electrons. The first-order valence-electron chi connectivity index (χ1n) is 9.53. The minimum atomic E-state index is -0.0271. The number of aryl methyl sites for hydroxylation is 2. The molecule has 0 saturated carbocycles. The minimum absolute atomic E-state index is 0.0271. The highest BCUT2D eigenvalue weighted by molar-refractivity contribution is 5.77. The monoisotopic (exact) mass is 374 g/mol. The standard InChI is InChI=1S/C24H26N2O2/c1-19-11-12-20(2)23(16-19)28-18-24(27)26(17-21-8-4-3-5-9-21)15-13-22-10-6-7-14-25-22/h3-12,14,16H,13,15,17-18H2,1-2H3. The first-order chi connectivity index (χ1) is 13.6. The normalized spacial score (nSPS) is 10.5. The fourth-order valence-electron chi connectivity index (χ4n) is 2.98. The molecule has 0 aliphatic rings. The van der Waals surface area contributed by atoms with Crippen LogP contribution in [0.15, 0.2) is 72.9 Å². The van der Waals surface area contributed by atoms with Gasteiger partial charge in [0.25, 0.3) is 5.91 Å². The van der Waals surface area contributed by atoms with Gasteiger partial charge in [-0.15, -0.1) is 0 Å². The topological polar surface area (TPSA) is 42.4 Å². The molecule has 144 valence electrons. The molecule has 0 unspecified atom stereocenters. The van der Waals surface area contributed by atoms with Crippen LogP contribution in [0.5, 0.6) is 5.75 Å². The summed E-state index contributed by atoms with van der Waals surface area (Å²) in [7, 11) is 0. The number of pyridine rings is 1. The maximum Gasteiger partial charge on any atom is 0.260 e. The molecule has 28 heavy (non-hydrogen) atoms. The summed E-state index contributed by atoms with van der Waals surface area (Å²) in [5.74, 6) is 0.735. The van der Waals surface area contributed by atoms with Crippen LogP contribution >= 0.6 is 0 Å². The summed E-state index contributed by atoms with van der Waals surface area (Å²) in [6.07, 6.45) is 2.49. The Bertz CT molecular complexity index is 895. The molecule has 1 aromatic heterocycles. The third-order valence-corrected chi connectivity index (χ3v) is 4.63. The second kappa shape index (κ2) is 9.70. The lowest BCUT2D eigenvalue weighted by atomic mass is 10.1. The Morgan fingerprint density at radius 1 is 1.00 bits per heavy atom. The van der Waals surface area contributed by atoms with Gasteiger partial charge in [-0.05, 0) is 48.7 Å². The van der Waals surface area contributed by atoms with Crippen LogP contribution in [-0.2, 0) is 17.8 Å². The second-order valence-electron chi connectivity index (χ2n) is 6.93. The third kappa shape index (κ3) is 5.68. The van der Waals surface area contributed by atoms with Gasteiger partial charge >= 0.3 is 0 Å². The minimum Gasteiger partial charge on any atom is -0.483 e. The maximum absolute atomic E-state index is 12.9. The SMILES string of the molecule is Cc1ccc(C)c(OCC(=O)N(CCc2ccccn2)Cc2ccccc2)c1. The van der Waals surface area contributed by atoms with Gasteiger partial charge in [0.15, 0.2) is 6.61 Å². The van der Waals surface area contributed by atoms with Gasteiger partial charge in [-0.25, -0.2) is 0 Å². The first kappa shape index (κ1) is 19.6. The number of hydrogen-bond acceptors (Lipinski definition) is 3. The Morgan fingerprint density at radius 2 is 1.79 bits per heavy atom. The molecule has 0 N–H and O–H groups in total. The lowest BCUT2D eigenvalue weighted by Crippen LogP contribution is -2.36. The number of hydrogen-bond donors (Lipinski definition) is 0. The van der Waals surface area contributed by atoms with Crippen LogP contribution in [-0.4, -0.2) is 28.9 Å². The summed E-state index contributed by atoms with van der Waals surface area (Å²) in [5, 5.41) is 0. The largest absolute Gasteiger partial charge is 0.483 e. The average Bonchev–Trinajstić information content (AvgIpc) is 2.73. The van der Waals surface area contributed by atoms with Crippen LogP contribution in [0.2, 0.25) is 0 Å². The molecule has 2 aromatic carbocycles. The average molecular weight is 374 g/mol. The summed E-state index contributed by atoms with van der Waals surface area (Å²) >= 11 is 0. The number of ether oxygens (including phenoxy) is 1. The van der Waals surface area contributed by atoms with Crippen molar-refractivity contribution in [3.8, 4) is 5.75 Å². The molecular formula is C24H26N2O2. The highest BCUT2D eigenvalue weighted by atomic mass is 16.5. The van der Waals surface area contributed by atoms with Gasteiger partial charge in [0.1, 0.15) is 5.75 Å². The molecule has 0 bridgehead atoms. The van der Waals surface area contributed by atoms with Crippen LogP contribution in [0, 0.1) is 13.8 Å². The Balaban J connectivity index is 1.67. The number of carbonyl (C=O) groups is 1. The van der Waals surface area contributed by atoms with E-state index in [9.17, 15) is 4.79 Å². The van der Waals surface area contributed by atoms with Crippen molar-refractivity contribution in [3.63, 3.8) is 0 Å². The molecule has 0 fully saturated rings. The van der Waals surface area contributed by atoms with Gasteiger partial charge in [0, 0.05) is 31.4 Å². The van der Waals surface area contributed by atoms with Crippen molar-refractivity contribution < 1.29 is 9.53 Å². The Labute approximate surface area is 166 Å².